The van der Waals surface area contributed by atoms with Crippen LogP contribution in [0.1, 0.15) is 11.1 Å². The molecule has 4 heteroatoms. The number of rotatable bonds is 3. The Morgan fingerprint density at radius 1 is 1.40 bits per heavy atom. The molecule has 0 aliphatic rings. The molecule has 0 unspecified atom stereocenters. The lowest BCUT2D eigenvalue weighted by Gasteiger charge is -2.15. The van der Waals surface area contributed by atoms with Gasteiger partial charge in [-0.25, -0.2) is 0 Å². The van der Waals surface area contributed by atoms with E-state index in [-0.39, 0.29) is 0 Å². The van der Waals surface area contributed by atoms with Gasteiger partial charge in [-0.3, -0.25) is 10.1 Å². The van der Waals surface area contributed by atoms with E-state index in [1.54, 1.807) is 0 Å². The summed E-state index contributed by atoms with van der Waals surface area (Å²) in [5.41, 5.74) is 3.06. The second-order valence-electron chi connectivity index (χ2n) is 3.54. The van der Waals surface area contributed by atoms with Crippen LogP contribution in [0.15, 0.2) is 24.4 Å². The maximum atomic E-state index is 10.1. The molecule has 0 spiro atoms. The van der Waals surface area contributed by atoms with Crippen molar-refractivity contribution in [2.45, 2.75) is 6.92 Å². The van der Waals surface area contributed by atoms with Crippen molar-refractivity contribution in [3.8, 4) is 0 Å². The van der Waals surface area contributed by atoms with Crippen LogP contribution in [0, 0.1) is 17.0 Å². The molecule has 0 saturated heterocycles. The predicted octanol–water partition coefficient (Wildman–Crippen LogP) is 2.31. The number of anilines is 1. The second kappa shape index (κ2) is 4.59. The molecule has 0 atom stereocenters. The number of aryl methyl sites for hydroxylation is 1. The summed E-state index contributed by atoms with van der Waals surface area (Å²) in [5, 5.41) is 10.1. The van der Waals surface area contributed by atoms with Crippen molar-refractivity contribution >= 4 is 11.8 Å². The highest BCUT2D eigenvalue weighted by molar-refractivity contribution is 5.59. The maximum absolute atomic E-state index is 10.1. The first-order valence-corrected chi connectivity index (χ1v) is 4.60. The topological polar surface area (TPSA) is 46.4 Å². The van der Waals surface area contributed by atoms with Gasteiger partial charge in [0.2, 0.25) is 6.20 Å². The molecule has 0 N–H and O–H groups in total. The predicted molar refractivity (Wildman–Crippen MR) is 61.5 cm³/mol. The van der Waals surface area contributed by atoms with Crippen LogP contribution in [0.2, 0.25) is 0 Å². The number of hydrogen-bond donors (Lipinski definition) is 0. The van der Waals surface area contributed by atoms with Gasteiger partial charge in [0.15, 0.2) is 0 Å². The standard InChI is InChI=1S/C11H14N2O2/c1-9-8-10(6-7-13(14)15)4-5-11(9)12(2)3/h4-8H,1-3H3/b7-6+. The van der Waals surface area contributed by atoms with Crippen LogP contribution in [0.25, 0.3) is 6.08 Å². The van der Waals surface area contributed by atoms with Crippen molar-refractivity contribution < 1.29 is 4.92 Å². The van der Waals surface area contributed by atoms with Crippen LogP contribution in [-0.2, 0) is 0 Å². The second-order valence-corrected chi connectivity index (χ2v) is 3.54. The summed E-state index contributed by atoms with van der Waals surface area (Å²) in [4.78, 5) is 11.7. The van der Waals surface area contributed by atoms with E-state index in [0.29, 0.717) is 0 Å². The van der Waals surface area contributed by atoms with Gasteiger partial charge in [0.25, 0.3) is 0 Å². The molecule has 0 amide bonds. The van der Waals surface area contributed by atoms with Crippen LogP contribution < -0.4 is 4.90 Å². The van der Waals surface area contributed by atoms with E-state index in [0.717, 1.165) is 23.0 Å². The van der Waals surface area contributed by atoms with E-state index in [2.05, 4.69) is 0 Å². The van der Waals surface area contributed by atoms with E-state index in [9.17, 15) is 10.1 Å². The van der Waals surface area contributed by atoms with Crippen molar-refractivity contribution in [3.63, 3.8) is 0 Å². The molecule has 0 radical (unpaired) electrons. The van der Waals surface area contributed by atoms with Crippen molar-refractivity contribution in [1.29, 1.82) is 0 Å². The molecule has 15 heavy (non-hydrogen) atoms. The zero-order valence-electron chi connectivity index (χ0n) is 9.10. The quantitative estimate of drug-likeness (QED) is 0.563. The molecule has 0 aliphatic heterocycles. The van der Waals surface area contributed by atoms with Gasteiger partial charge in [-0.05, 0) is 30.2 Å². The van der Waals surface area contributed by atoms with Gasteiger partial charge in [0.1, 0.15) is 0 Å². The first kappa shape index (κ1) is 11.2. The summed E-state index contributed by atoms with van der Waals surface area (Å²) >= 11 is 0. The van der Waals surface area contributed by atoms with Crippen LogP contribution in [0.3, 0.4) is 0 Å². The van der Waals surface area contributed by atoms with Crippen molar-refractivity contribution in [2.75, 3.05) is 19.0 Å². The van der Waals surface area contributed by atoms with Gasteiger partial charge in [-0.1, -0.05) is 6.07 Å². The highest BCUT2D eigenvalue weighted by atomic mass is 16.6. The third kappa shape index (κ3) is 3.09. The lowest BCUT2D eigenvalue weighted by atomic mass is 10.1. The normalized spacial score (nSPS) is 10.6. The van der Waals surface area contributed by atoms with Crippen LogP contribution in [0.4, 0.5) is 5.69 Å². The van der Waals surface area contributed by atoms with E-state index >= 15 is 0 Å². The maximum Gasteiger partial charge on any atom is 0.235 e. The molecule has 1 aromatic carbocycles. The molecule has 0 saturated carbocycles. The fraction of sp³-hybridized carbons (Fsp3) is 0.273. The Kier molecular flexibility index (Phi) is 3.44. The minimum atomic E-state index is -0.463. The molecule has 0 aliphatic carbocycles. The van der Waals surface area contributed by atoms with Crippen LogP contribution in [0.5, 0.6) is 0 Å². The zero-order chi connectivity index (χ0) is 11.4. The van der Waals surface area contributed by atoms with Crippen molar-refractivity contribution in [1.82, 2.24) is 0 Å². The summed E-state index contributed by atoms with van der Waals surface area (Å²) in [7, 11) is 3.93. The van der Waals surface area contributed by atoms with Gasteiger partial charge in [-0.2, -0.15) is 0 Å². The molecule has 0 aromatic heterocycles. The highest BCUT2D eigenvalue weighted by Crippen LogP contribution is 2.19. The lowest BCUT2D eigenvalue weighted by molar-refractivity contribution is -0.400. The first-order valence-electron chi connectivity index (χ1n) is 4.60. The Balaban J connectivity index is 2.96. The minimum Gasteiger partial charge on any atom is -0.377 e. The van der Waals surface area contributed by atoms with Gasteiger partial charge in [-0.15, -0.1) is 0 Å². The average Bonchev–Trinajstić information content (AvgIpc) is 2.14. The van der Waals surface area contributed by atoms with Gasteiger partial charge in [0, 0.05) is 25.9 Å². The fourth-order valence-corrected chi connectivity index (χ4v) is 1.43. The fourth-order valence-electron chi connectivity index (χ4n) is 1.43. The Labute approximate surface area is 89.0 Å². The number of nitro groups is 1. The van der Waals surface area contributed by atoms with E-state index in [1.807, 2.05) is 44.1 Å². The lowest BCUT2D eigenvalue weighted by Crippen LogP contribution is -2.09. The highest BCUT2D eigenvalue weighted by Gasteiger charge is 2.00. The third-order valence-electron chi connectivity index (χ3n) is 2.09. The number of nitrogens with zero attached hydrogens (tertiary/aromatic N) is 2. The molecule has 4 nitrogen and oxygen atoms in total. The molecule has 0 fully saturated rings. The molecule has 1 aromatic rings. The van der Waals surface area contributed by atoms with E-state index < -0.39 is 4.92 Å². The Morgan fingerprint density at radius 2 is 2.07 bits per heavy atom. The summed E-state index contributed by atoms with van der Waals surface area (Å²) in [5.74, 6) is 0. The Morgan fingerprint density at radius 3 is 2.53 bits per heavy atom. The summed E-state index contributed by atoms with van der Waals surface area (Å²) in [6.45, 7) is 1.98. The van der Waals surface area contributed by atoms with Gasteiger partial charge >= 0.3 is 0 Å². The summed E-state index contributed by atoms with van der Waals surface area (Å²) < 4.78 is 0. The van der Waals surface area contributed by atoms with Crippen LogP contribution in [-0.4, -0.2) is 19.0 Å². The zero-order valence-corrected chi connectivity index (χ0v) is 9.10. The third-order valence-corrected chi connectivity index (χ3v) is 2.09. The first-order chi connectivity index (χ1) is 7.00. The van der Waals surface area contributed by atoms with Crippen molar-refractivity contribution in [3.05, 3.63) is 45.6 Å². The molecule has 0 heterocycles. The van der Waals surface area contributed by atoms with E-state index in [4.69, 9.17) is 0 Å². The monoisotopic (exact) mass is 206 g/mol. The number of hydrogen-bond acceptors (Lipinski definition) is 3. The molecule has 0 bridgehead atoms. The largest absolute Gasteiger partial charge is 0.377 e. The van der Waals surface area contributed by atoms with Crippen molar-refractivity contribution in [2.24, 2.45) is 0 Å². The summed E-state index contributed by atoms with van der Waals surface area (Å²) in [6, 6.07) is 5.74. The van der Waals surface area contributed by atoms with E-state index in [1.165, 1.54) is 6.08 Å². The van der Waals surface area contributed by atoms with Crippen LogP contribution >= 0.6 is 0 Å². The van der Waals surface area contributed by atoms with Gasteiger partial charge < -0.3 is 4.90 Å². The Bertz CT molecular complexity index is 398. The Hall–Kier alpha value is -1.84. The molecular weight excluding hydrogens is 192 g/mol. The summed E-state index contributed by atoms with van der Waals surface area (Å²) in [6.07, 6.45) is 2.44. The smallest absolute Gasteiger partial charge is 0.235 e. The number of benzene rings is 1. The minimum absolute atomic E-state index is 0.463. The molecular formula is C11H14N2O2. The van der Waals surface area contributed by atoms with Gasteiger partial charge in [0.05, 0.1) is 4.92 Å². The average molecular weight is 206 g/mol. The molecule has 80 valence electrons. The molecule has 1 rings (SSSR count). The SMILES string of the molecule is Cc1cc(/C=C/[N+](=O)[O-])ccc1N(C)C.